The summed E-state index contributed by atoms with van der Waals surface area (Å²) in [7, 11) is -1.61. The number of carbonyl (C=O) groups is 1. The van der Waals surface area contributed by atoms with E-state index in [1.807, 2.05) is 56.3 Å². The predicted molar refractivity (Wildman–Crippen MR) is 109 cm³/mol. The van der Waals surface area contributed by atoms with Crippen LogP contribution in [0.2, 0.25) is 0 Å². The fraction of sp³-hybridized carbons (Fsp3) is 0.333. The molecule has 2 unspecified atom stereocenters. The quantitative estimate of drug-likeness (QED) is 0.644. The van der Waals surface area contributed by atoms with Crippen molar-refractivity contribution in [3.8, 4) is 11.1 Å². The van der Waals surface area contributed by atoms with Gasteiger partial charge in [-0.1, -0.05) is 73.6 Å². The molecule has 0 saturated heterocycles. The lowest BCUT2D eigenvalue weighted by Crippen LogP contribution is -2.50. The van der Waals surface area contributed by atoms with Crippen molar-refractivity contribution < 1.29 is 19.7 Å². The Morgan fingerprint density at radius 1 is 1.11 bits per heavy atom. The van der Waals surface area contributed by atoms with Crippen LogP contribution in [0.5, 0.6) is 0 Å². The Morgan fingerprint density at radius 2 is 1.71 bits per heavy atom. The van der Waals surface area contributed by atoms with Gasteiger partial charge in [-0.05, 0) is 29.0 Å². The number of carbonyl (C=O) groups excluding carboxylic acids is 1. The molecule has 0 radical (unpaired) electrons. The van der Waals surface area contributed by atoms with Gasteiger partial charge in [-0.25, -0.2) is 0 Å². The van der Waals surface area contributed by atoms with Crippen molar-refractivity contribution in [2.75, 3.05) is 0 Å². The molecule has 1 aliphatic rings. The molecule has 3 N–H and O–H groups in total. The van der Waals surface area contributed by atoms with E-state index in [4.69, 9.17) is 4.84 Å². The van der Waals surface area contributed by atoms with E-state index < -0.39 is 25.1 Å². The minimum atomic E-state index is -1.61. The SMILES string of the molecule is CC(C)CC(NC(=O)C1CC(c2ccc(-c3ccccc3)cc2)=NO1)B(O)O. The van der Waals surface area contributed by atoms with Crippen LogP contribution in [0.25, 0.3) is 11.1 Å². The predicted octanol–water partition coefficient (Wildman–Crippen LogP) is 2.39. The van der Waals surface area contributed by atoms with Crippen molar-refractivity contribution in [2.24, 2.45) is 11.1 Å². The Balaban J connectivity index is 1.60. The number of hydrogen-bond donors (Lipinski definition) is 3. The van der Waals surface area contributed by atoms with Gasteiger partial charge >= 0.3 is 7.12 Å². The maximum atomic E-state index is 12.4. The summed E-state index contributed by atoms with van der Waals surface area (Å²) >= 11 is 0. The lowest BCUT2D eigenvalue weighted by Gasteiger charge is -2.20. The zero-order valence-corrected chi connectivity index (χ0v) is 16.1. The highest BCUT2D eigenvalue weighted by Crippen LogP contribution is 2.22. The third-order valence-corrected chi connectivity index (χ3v) is 4.70. The number of amides is 1. The molecule has 1 amide bonds. The number of hydrogen-bond acceptors (Lipinski definition) is 5. The fourth-order valence-electron chi connectivity index (χ4n) is 3.21. The summed E-state index contributed by atoms with van der Waals surface area (Å²) in [5.74, 6) is -0.907. The molecule has 28 heavy (non-hydrogen) atoms. The van der Waals surface area contributed by atoms with Crippen molar-refractivity contribution in [1.82, 2.24) is 5.32 Å². The van der Waals surface area contributed by atoms with Gasteiger partial charge in [-0.15, -0.1) is 0 Å². The Bertz CT molecular complexity index is 822. The molecule has 7 heteroatoms. The van der Waals surface area contributed by atoms with Crippen LogP contribution >= 0.6 is 0 Å². The lowest BCUT2D eigenvalue weighted by molar-refractivity contribution is -0.131. The maximum absolute atomic E-state index is 12.4. The van der Waals surface area contributed by atoms with Gasteiger partial charge in [0.25, 0.3) is 5.91 Å². The second-order valence-electron chi connectivity index (χ2n) is 7.44. The number of rotatable bonds is 7. The first kappa shape index (κ1) is 20.1. The van der Waals surface area contributed by atoms with E-state index in [2.05, 4.69) is 22.6 Å². The van der Waals surface area contributed by atoms with Crippen molar-refractivity contribution in [1.29, 1.82) is 0 Å². The third kappa shape index (κ3) is 5.00. The van der Waals surface area contributed by atoms with E-state index >= 15 is 0 Å². The molecule has 1 heterocycles. The maximum Gasteiger partial charge on any atom is 0.475 e. The van der Waals surface area contributed by atoms with Crippen LogP contribution in [0.1, 0.15) is 32.3 Å². The van der Waals surface area contributed by atoms with Crippen molar-refractivity contribution >= 4 is 18.7 Å². The van der Waals surface area contributed by atoms with Gasteiger partial charge in [0, 0.05) is 6.42 Å². The smallest absolute Gasteiger partial charge is 0.426 e. The van der Waals surface area contributed by atoms with Crippen LogP contribution in [0.4, 0.5) is 0 Å². The molecule has 1 aliphatic heterocycles. The highest BCUT2D eigenvalue weighted by Gasteiger charge is 2.33. The molecule has 2 aromatic rings. The largest absolute Gasteiger partial charge is 0.475 e. The molecular weight excluding hydrogens is 355 g/mol. The number of nitrogens with zero attached hydrogens (tertiary/aromatic N) is 1. The first-order chi connectivity index (χ1) is 13.4. The Morgan fingerprint density at radius 3 is 2.32 bits per heavy atom. The van der Waals surface area contributed by atoms with Gasteiger partial charge in [0.2, 0.25) is 6.10 Å². The minimum absolute atomic E-state index is 0.214. The molecular formula is C21H25BN2O4. The number of benzene rings is 2. The summed E-state index contributed by atoms with van der Waals surface area (Å²) in [5, 5.41) is 25.7. The highest BCUT2D eigenvalue weighted by molar-refractivity contribution is 6.43. The second-order valence-corrected chi connectivity index (χ2v) is 7.44. The number of oxime groups is 1. The molecule has 6 nitrogen and oxygen atoms in total. The summed E-state index contributed by atoms with van der Waals surface area (Å²) in [4.78, 5) is 17.7. The fourth-order valence-corrected chi connectivity index (χ4v) is 3.21. The van der Waals surface area contributed by atoms with E-state index in [1.54, 1.807) is 0 Å². The van der Waals surface area contributed by atoms with Gasteiger partial charge in [0.1, 0.15) is 0 Å². The summed E-state index contributed by atoms with van der Waals surface area (Å²) < 4.78 is 0. The third-order valence-electron chi connectivity index (χ3n) is 4.70. The van der Waals surface area contributed by atoms with E-state index in [9.17, 15) is 14.8 Å². The van der Waals surface area contributed by atoms with Gasteiger partial charge in [0.15, 0.2) is 0 Å². The van der Waals surface area contributed by atoms with E-state index in [-0.39, 0.29) is 5.92 Å². The van der Waals surface area contributed by atoms with E-state index in [0.717, 1.165) is 16.7 Å². The van der Waals surface area contributed by atoms with Crippen LogP contribution in [0, 0.1) is 5.92 Å². The van der Waals surface area contributed by atoms with E-state index in [1.165, 1.54) is 0 Å². The first-order valence-electron chi connectivity index (χ1n) is 9.49. The van der Waals surface area contributed by atoms with Crippen LogP contribution in [0.3, 0.4) is 0 Å². The zero-order chi connectivity index (χ0) is 20.1. The summed E-state index contributed by atoms with van der Waals surface area (Å²) in [6.07, 6.45) is 0.0363. The summed E-state index contributed by atoms with van der Waals surface area (Å²) in [5.41, 5.74) is 3.84. The molecule has 2 atom stereocenters. The summed E-state index contributed by atoms with van der Waals surface area (Å²) in [6.45, 7) is 3.90. The minimum Gasteiger partial charge on any atom is -0.426 e. The zero-order valence-electron chi connectivity index (χ0n) is 16.1. The monoisotopic (exact) mass is 380 g/mol. The van der Waals surface area contributed by atoms with Crippen LogP contribution in [-0.4, -0.2) is 40.8 Å². The Labute approximate surface area is 165 Å². The highest BCUT2D eigenvalue weighted by atomic mass is 16.6. The summed E-state index contributed by atoms with van der Waals surface area (Å²) in [6, 6.07) is 18.0. The second kappa shape index (κ2) is 9.04. The average Bonchev–Trinajstić information content (AvgIpc) is 3.18. The molecule has 2 aromatic carbocycles. The molecule has 0 saturated carbocycles. The Kier molecular flexibility index (Phi) is 6.49. The van der Waals surface area contributed by atoms with Crippen molar-refractivity contribution in [3.05, 3.63) is 60.2 Å². The van der Waals surface area contributed by atoms with Crippen molar-refractivity contribution in [3.63, 3.8) is 0 Å². The molecule has 0 bridgehead atoms. The van der Waals surface area contributed by atoms with Gasteiger partial charge < -0.3 is 20.2 Å². The van der Waals surface area contributed by atoms with Gasteiger partial charge in [-0.2, -0.15) is 0 Å². The molecule has 0 aliphatic carbocycles. The van der Waals surface area contributed by atoms with Crippen LogP contribution in [0.15, 0.2) is 59.8 Å². The van der Waals surface area contributed by atoms with Crippen molar-refractivity contribution in [2.45, 2.75) is 38.7 Å². The molecule has 0 fully saturated rings. The molecule has 146 valence electrons. The molecule has 3 rings (SSSR count). The van der Waals surface area contributed by atoms with Gasteiger partial charge in [-0.3, -0.25) is 4.79 Å². The standard InChI is InChI=1S/C21H25BN2O4/c1-14(2)12-20(22(26)27)23-21(25)19-13-18(24-28-19)17-10-8-16(9-11-17)15-6-4-3-5-7-15/h3-11,14,19-20,26-27H,12-13H2,1-2H3,(H,23,25). The van der Waals surface area contributed by atoms with E-state index in [0.29, 0.717) is 18.6 Å². The molecule has 0 spiro atoms. The van der Waals surface area contributed by atoms with Crippen LogP contribution < -0.4 is 5.32 Å². The number of nitrogens with one attached hydrogen (secondary N) is 1. The van der Waals surface area contributed by atoms with Gasteiger partial charge in [0.05, 0.1) is 11.7 Å². The Hall–Kier alpha value is -2.64. The topological polar surface area (TPSA) is 91.2 Å². The normalized spacial score (nSPS) is 17.0. The average molecular weight is 380 g/mol. The lowest BCUT2D eigenvalue weighted by atomic mass is 9.75. The molecule has 0 aromatic heterocycles. The first-order valence-corrected chi connectivity index (χ1v) is 9.49. The van der Waals surface area contributed by atoms with Crippen LogP contribution in [-0.2, 0) is 9.63 Å².